The zero-order valence-corrected chi connectivity index (χ0v) is 16.0. The Balaban J connectivity index is 1.59. The molecule has 1 aromatic heterocycles. The number of nitrogens with one attached hydrogen (secondary N) is 3. The summed E-state index contributed by atoms with van der Waals surface area (Å²) >= 11 is 0. The van der Waals surface area contributed by atoms with Gasteiger partial charge in [0.2, 0.25) is 5.91 Å². The molecule has 0 bridgehead atoms. The maximum absolute atomic E-state index is 11.9. The van der Waals surface area contributed by atoms with Crippen molar-refractivity contribution in [2.75, 3.05) is 7.11 Å². The second-order valence-corrected chi connectivity index (χ2v) is 6.11. The van der Waals surface area contributed by atoms with Gasteiger partial charge < -0.3 is 9.47 Å². The third kappa shape index (κ3) is 5.64. The van der Waals surface area contributed by atoms with E-state index in [2.05, 4.69) is 20.7 Å². The summed E-state index contributed by atoms with van der Waals surface area (Å²) in [5, 5.41) is 9.44. The number of rotatable bonds is 8. The predicted molar refractivity (Wildman–Crippen MR) is 109 cm³/mol. The van der Waals surface area contributed by atoms with Gasteiger partial charge >= 0.3 is 5.69 Å². The highest BCUT2D eigenvalue weighted by atomic mass is 16.5. The molecule has 30 heavy (non-hydrogen) atoms. The number of benzene rings is 2. The number of carbonyl (C=O) groups is 1. The molecule has 0 atom stereocenters. The Bertz CT molecular complexity index is 1150. The lowest BCUT2D eigenvalue weighted by atomic mass is 10.2. The van der Waals surface area contributed by atoms with E-state index in [4.69, 9.17) is 9.47 Å². The van der Waals surface area contributed by atoms with Gasteiger partial charge in [-0.15, -0.1) is 0 Å². The molecule has 0 fully saturated rings. The minimum Gasteiger partial charge on any atom is -0.493 e. The van der Waals surface area contributed by atoms with Gasteiger partial charge in [-0.25, -0.2) is 15.3 Å². The van der Waals surface area contributed by atoms with Crippen LogP contribution in [0.1, 0.15) is 16.8 Å². The molecule has 1 amide bonds. The van der Waals surface area contributed by atoms with Gasteiger partial charge in [0.05, 0.1) is 19.7 Å². The lowest BCUT2D eigenvalue weighted by Gasteiger charge is -2.11. The van der Waals surface area contributed by atoms with Gasteiger partial charge in [-0.05, 0) is 29.3 Å². The number of hydrogen-bond acceptors (Lipinski definition) is 7. The Labute approximate surface area is 170 Å². The van der Waals surface area contributed by atoms with E-state index in [0.29, 0.717) is 23.7 Å². The highest BCUT2D eigenvalue weighted by Gasteiger charge is 2.09. The van der Waals surface area contributed by atoms with Crippen molar-refractivity contribution in [3.63, 3.8) is 0 Å². The van der Waals surface area contributed by atoms with E-state index in [-0.39, 0.29) is 12.1 Å². The van der Waals surface area contributed by atoms with E-state index in [1.54, 1.807) is 18.2 Å². The van der Waals surface area contributed by atoms with Crippen LogP contribution in [0.15, 0.2) is 63.2 Å². The highest BCUT2D eigenvalue weighted by Crippen LogP contribution is 2.28. The fourth-order valence-electron chi connectivity index (χ4n) is 2.48. The van der Waals surface area contributed by atoms with Crippen molar-refractivity contribution in [1.29, 1.82) is 0 Å². The molecule has 154 valence electrons. The Morgan fingerprint density at radius 2 is 1.97 bits per heavy atom. The maximum Gasteiger partial charge on any atom is 0.342 e. The van der Waals surface area contributed by atoms with Crippen LogP contribution in [0.4, 0.5) is 0 Å². The standard InChI is InChI=1S/C20H19N5O5/c1-29-17-9-14(7-8-16(17)30-12-13-5-3-2-4-6-13)11-21-24-18(26)10-15-19(27)22-20(28)25-23-15/h2-9,11H,10,12H2,1H3,(H,24,26)(H2,22,25,27,28)/b21-11+. The fraction of sp³-hybridized carbons (Fsp3) is 0.150. The number of carbonyl (C=O) groups excluding carboxylic acids is 1. The average Bonchev–Trinajstić information content (AvgIpc) is 2.75. The summed E-state index contributed by atoms with van der Waals surface area (Å²) < 4.78 is 11.1. The smallest absolute Gasteiger partial charge is 0.342 e. The first-order chi connectivity index (χ1) is 14.5. The van der Waals surface area contributed by atoms with Gasteiger partial charge in [0.25, 0.3) is 5.56 Å². The SMILES string of the molecule is COc1cc(/C=N/NC(=O)Cc2n[nH]c(=O)[nH]c2=O)ccc1OCc1ccccc1. The Morgan fingerprint density at radius 3 is 2.70 bits per heavy atom. The molecule has 0 aliphatic carbocycles. The highest BCUT2D eigenvalue weighted by molar-refractivity contribution is 5.83. The van der Waals surface area contributed by atoms with Crippen molar-refractivity contribution in [3.05, 3.63) is 86.2 Å². The Hall–Kier alpha value is -4.21. The van der Waals surface area contributed by atoms with E-state index < -0.39 is 17.2 Å². The largest absolute Gasteiger partial charge is 0.493 e. The first-order valence-electron chi connectivity index (χ1n) is 8.89. The molecule has 0 saturated heterocycles. The monoisotopic (exact) mass is 409 g/mol. The molecule has 0 spiro atoms. The summed E-state index contributed by atoms with van der Waals surface area (Å²) in [6, 6.07) is 15.0. The number of H-pyrrole nitrogens is 2. The van der Waals surface area contributed by atoms with Crippen molar-refractivity contribution in [3.8, 4) is 11.5 Å². The lowest BCUT2D eigenvalue weighted by Crippen LogP contribution is -2.31. The molecular weight excluding hydrogens is 390 g/mol. The maximum atomic E-state index is 11.9. The van der Waals surface area contributed by atoms with Gasteiger partial charge in [-0.1, -0.05) is 30.3 Å². The number of nitrogens with zero attached hydrogens (tertiary/aromatic N) is 2. The quantitative estimate of drug-likeness (QED) is 0.370. The summed E-state index contributed by atoms with van der Waals surface area (Å²) in [5.41, 5.74) is 2.40. The summed E-state index contributed by atoms with van der Waals surface area (Å²) in [6.45, 7) is 0.401. The van der Waals surface area contributed by atoms with Crippen molar-refractivity contribution in [2.24, 2.45) is 5.10 Å². The van der Waals surface area contributed by atoms with Crippen molar-refractivity contribution >= 4 is 12.1 Å². The van der Waals surface area contributed by atoms with Crippen LogP contribution < -0.4 is 26.1 Å². The normalized spacial score (nSPS) is 10.7. The Morgan fingerprint density at radius 1 is 1.17 bits per heavy atom. The zero-order valence-electron chi connectivity index (χ0n) is 16.0. The van der Waals surface area contributed by atoms with Crippen LogP contribution in [0, 0.1) is 0 Å². The van der Waals surface area contributed by atoms with E-state index >= 15 is 0 Å². The zero-order chi connectivity index (χ0) is 21.3. The van der Waals surface area contributed by atoms with Crippen LogP contribution in [-0.4, -0.2) is 34.4 Å². The van der Waals surface area contributed by atoms with Gasteiger partial charge in [0.15, 0.2) is 11.5 Å². The number of hydrazone groups is 1. The molecule has 3 N–H and O–H groups in total. The molecule has 10 nitrogen and oxygen atoms in total. The number of ether oxygens (including phenoxy) is 2. The minimum atomic E-state index is -0.743. The third-order valence-corrected chi connectivity index (χ3v) is 3.94. The van der Waals surface area contributed by atoms with E-state index in [1.165, 1.54) is 13.3 Å². The molecular formula is C20H19N5O5. The van der Waals surface area contributed by atoms with Crippen LogP contribution in [0.5, 0.6) is 11.5 Å². The van der Waals surface area contributed by atoms with E-state index in [1.807, 2.05) is 35.3 Å². The summed E-state index contributed by atoms with van der Waals surface area (Å²) in [7, 11) is 1.53. The second-order valence-electron chi connectivity index (χ2n) is 6.11. The number of aromatic nitrogens is 3. The molecule has 0 aliphatic rings. The molecule has 0 saturated carbocycles. The lowest BCUT2D eigenvalue weighted by molar-refractivity contribution is -0.120. The molecule has 3 aromatic rings. The van der Waals surface area contributed by atoms with Crippen LogP contribution in [0.3, 0.4) is 0 Å². The number of aromatic amines is 2. The van der Waals surface area contributed by atoms with Gasteiger partial charge in [-0.3, -0.25) is 14.6 Å². The summed E-state index contributed by atoms with van der Waals surface area (Å²) in [5.74, 6) is 0.530. The minimum absolute atomic E-state index is 0.121. The molecule has 0 aliphatic heterocycles. The van der Waals surface area contributed by atoms with Crippen molar-refractivity contribution < 1.29 is 14.3 Å². The molecule has 0 unspecified atom stereocenters. The predicted octanol–water partition coefficient (Wildman–Crippen LogP) is 0.739. The summed E-state index contributed by atoms with van der Waals surface area (Å²) in [6.07, 6.45) is 1.09. The van der Waals surface area contributed by atoms with Crippen LogP contribution in [-0.2, 0) is 17.8 Å². The molecule has 2 aromatic carbocycles. The van der Waals surface area contributed by atoms with Crippen LogP contribution in [0.2, 0.25) is 0 Å². The molecule has 10 heteroatoms. The summed E-state index contributed by atoms with van der Waals surface area (Å²) in [4.78, 5) is 36.3. The van der Waals surface area contributed by atoms with E-state index in [9.17, 15) is 14.4 Å². The number of amides is 1. The number of hydrogen-bond donors (Lipinski definition) is 3. The second kappa shape index (κ2) is 9.82. The van der Waals surface area contributed by atoms with Gasteiger partial charge in [0.1, 0.15) is 12.3 Å². The molecule has 1 heterocycles. The van der Waals surface area contributed by atoms with Crippen molar-refractivity contribution in [1.82, 2.24) is 20.6 Å². The fourth-order valence-corrected chi connectivity index (χ4v) is 2.48. The third-order valence-electron chi connectivity index (χ3n) is 3.94. The molecule has 0 radical (unpaired) electrons. The average molecular weight is 409 g/mol. The molecule has 3 rings (SSSR count). The van der Waals surface area contributed by atoms with Crippen LogP contribution in [0.25, 0.3) is 0 Å². The number of methoxy groups -OCH3 is 1. The first kappa shape index (κ1) is 20.5. The van der Waals surface area contributed by atoms with E-state index in [0.717, 1.165) is 5.56 Å². The Kier molecular flexibility index (Phi) is 6.72. The van der Waals surface area contributed by atoms with Crippen molar-refractivity contribution in [2.45, 2.75) is 13.0 Å². The van der Waals surface area contributed by atoms with Gasteiger partial charge in [0, 0.05) is 0 Å². The first-order valence-corrected chi connectivity index (χ1v) is 8.89. The van der Waals surface area contributed by atoms with Gasteiger partial charge in [-0.2, -0.15) is 10.2 Å². The topological polar surface area (TPSA) is 139 Å². The van der Waals surface area contributed by atoms with Crippen LogP contribution >= 0.6 is 0 Å².